The zero-order valence-corrected chi connectivity index (χ0v) is 23.5. The minimum atomic E-state index is -0.522. The van der Waals surface area contributed by atoms with Gasteiger partial charge in [-0.15, -0.1) is 23.5 Å². The summed E-state index contributed by atoms with van der Waals surface area (Å²) in [6, 6.07) is 22.4. The Labute approximate surface area is 228 Å². The molecule has 1 aliphatic carbocycles. The summed E-state index contributed by atoms with van der Waals surface area (Å²) in [6.07, 6.45) is 3.07. The highest BCUT2D eigenvalue weighted by Crippen LogP contribution is 2.59. The van der Waals surface area contributed by atoms with E-state index in [2.05, 4.69) is 12.2 Å². The molecular formula is C30H35FN2O2S2. The molecule has 4 rings (SSSR count). The molecule has 0 aliphatic heterocycles. The van der Waals surface area contributed by atoms with Crippen LogP contribution >= 0.6 is 23.5 Å². The maximum absolute atomic E-state index is 13.2. The molecule has 3 aromatic rings. The van der Waals surface area contributed by atoms with Crippen LogP contribution in [0, 0.1) is 5.82 Å². The van der Waals surface area contributed by atoms with Crippen LogP contribution in [0.4, 0.5) is 10.1 Å². The van der Waals surface area contributed by atoms with Crippen molar-refractivity contribution in [2.24, 2.45) is 0 Å². The number of carbonyl (C=O) groups is 2. The molecule has 0 bridgehead atoms. The molecule has 1 amide bonds. The minimum absolute atomic E-state index is 0.0126. The van der Waals surface area contributed by atoms with Crippen molar-refractivity contribution in [2.75, 3.05) is 32.2 Å². The van der Waals surface area contributed by atoms with Gasteiger partial charge in [0.1, 0.15) is 12.1 Å². The number of rotatable bonds is 10. The lowest BCUT2D eigenvalue weighted by atomic mass is 9.95. The van der Waals surface area contributed by atoms with Crippen molar-refractivity contribution in [3.05, 3.63) is 89.7 Å². The van der Waals surface area contributed by atoms with Gasteiger partial charge in [0.25, 0.3) is 0 Å². The Morgan fingerprint density at radius 3 is 2.05 bits per heavy atom. The number of nitrogens with zero attached hydrogens (tertiary/aromatic N) is 1. The fourth-order valence-corrected chi connectivity index (χ4v) is 5.78. The van der Waals surface area contributed by atoms with Gasteiger partial charge >= 0.3 is 0 Å². The van der Waals surface area contributed by atoms with Crippen LogP contribution < -0.4 is 5.32 Å². The zero-order chi connectivity index (χ0) is 26.8. The summed E-state index contributed by atoms with van der Waals surface area (Å²) in [5.74, 6) is 0.0456. The van der Waals surface area contributed by atoms with E-state index in [-0.39, 0.29) is 22.9 Å². The van der Waals surface area contributed by atoms with Crippen LogP contribution in [0.25, 0.3) is 0 Å². The van der Waals surface area contributed by atoms with E-state index >= 15 is 0 Å². The van der Waals surface area contributed by atoms with Crippen molar-refractivity contribution in [3.63, 3.8) is 0 Å². The molecule has 1 fully saturated rings. The first-order valence-electron chi connectivity index (χ1n) is 12.4. The van der Waals surface area contributed by atoms with Crippen LogP contribution in [-0.4, -0.2) is 44.0 Å². The van der Waals surface area contributed by atoms with Gasteiger partial charge in [-0.25, -0.2) is 4.39 Å². The quantitative estimate of drug-likeness (QED) is 0.218. The molecule has 1 atom stereocenters. The lowest BCUT2D eigenvalue weighted by molar-refractivity contribution is -0.119. The molecule has 1 saturated carbocycles. The Morgan fingerprint density at radius 2 is 1.54 bits per heavy atom. The topological polar surface area (TPSA) is 49.4 Å². The summed E-state index contributed by atoms with van der Waals surface area (Å²) < 4.78 is 13.2. The van der Waals surface area contributed by atoms with Crippen molar-refractivity contribution in [1.82, 2.24) is 4.90 Å². The lowest BCUT2D eigenvalue weighted by Crippen LogP contribution is -2.21. The van der Waals surface area contributed by atoms with E-state index in [4.69, 9.17) is 0 Å². The van der Waals surface area contributed by atoms with Crippen molar-refractivity contribution < 1.29 is 14.0 Å². The van der Waals surface area contributed by atoms with E-state index in [1.807, 2.05) is 86.7 Å². The fourth-order valence-electron chi connectivity index (χ4n) is 3.83. The van der Waals surface area contributed by atoms with E-state index in [0.29, 0.717) is 5.69 Å². The third-order valence-corrected chi connectivity index (χ3v) is 8.19. The monoisotopic (exact) mass is 538 g/mol. The normalized spacial score (nSPS) is 14.3. The van der Waals surface area contributed by atoms with Crippen LogP contribution in [0.1, 0.15) is 43.2 Å². The van der Waals surface area contributed by atoms with Gasteiger partial charge in [0, 0.05) is 26.6 Å². The van der Waals surface area contributed by atoms with Crippen molar-refractivity contribution in [2.45, 2.75) is 46.6 Å². The molecule has 0 saturated heterocycles. The number of aldehydes is 1. The first-order valence-corrected chi connectivity index (χ1v) is 14.2. The average molecular weight is 539 g/mol. The number of hydrogen-bond acceptors (Lipinski definition) is 5. The molecule has 7 heteroatoms. The summed E-state index contributed by atoms with van der Waals surface area (Å²) in [7, 11) is 6.00. The van der Waals surface area contributed by atoms with Crippen molar-refractivity contribution in [3.8, 4) is 0 Å². The Bertz CT molecular complexity index is 1140. The maximum atomic E-state index is 13.2. The standard InChI is InChI=1S/C27H26FNO2S2.C3H9N/c1-2-32-23-11-3-19(4-12-23)25(15-18-30)26(31)29-22-9-5-20(6-10-22)27(16-17-27)33-24-13-7-21(28)8-14-24;1-4(2)3/h3-14,18,25H,2,15-17H2,1H3,(H,29,31);1-3H3. The van der Waals surface area contributed by atoms with Crippen LogP contribution in [0.3, 0.4) is 0 Å². The maximum Gasteiger partial charge on any atom is 0.232 e. The van der Waals surface area contributed by atoms with Crippen molar-refractivity contribution >= 4 is 41.4 Å². The number of halogens is 1. The first kappa shape index (κ1) is 29.0. The zero-order valence-electron chi connectivity index (χ0n) is 21.9. The molecule has 0 heterocycles. The summed E-state index contributed by atoms with van der Waals surface area (Å²) in [6.45, 7) is 2.10. The van der Waals surface area contributed by atoms with Gasteiger partial charge < -0.3 is 15.0 Å². The van der Waals surface area contributed by atoms with Crippen LogP contribution in [0.5, 0.6) is 0 Å². The molecule has 3 aromatic carbocycles. The highest BCUT2D eigenvalue weighted by Gasteiger charge is 2.45. The lowest BCUT2D eigenvalue weighted by Gasteiger charge is -2.18. The smallest absolute Gasteiger partial charge is 0.232 e. The van der Waals surface area contributed by atoms with Crippen LogP contribution in [0.15, 0.2) is 82.6 Å². The Morgan fingerprint density at radius 1 is 0.973 bits per heavy atom. The van der Waals surface area contributed by atoms with Gasteiger partial charge in [-0.1, -0.05) is 31.2 Å². The summed E-state index contributed by atoms with van der Waals surface area (Å²) in [5, 5.41) is 2.97. The Kier molecular flexibility index (Phi) is 10.8. The average Bonchev–Trinajstić information content (AvgIpc) is 3.65. The molecule has 1 unspecified atom stereocenters. The first-order chi connectivity index (χ1) is 17.8. The summed E-state index contributed by atoms with van der Waals surface area (Å²) in [5.41, 5.74) is 2.74. The van der Waals surface area contributed by atoms with E-state index in [1.54, 1.807) is 23.5 Å². The second-order valence-electron chi connectivity index (χ2n) is 9.42. The van der Waals surface area contributed by atoms with E-state index < -0.39 is 5.92 Å². The molecule has 1 N–H and O–H groups in total. The summed E-state index contributed by atoms with van der Waals surface area (Å²) in [4.78, 5) is 28.4. The SMILES string of the molecule is CCSc1ccc(C(CC=O)C(=O)Nc2ccc(C3(Sc4ccc(F)cc4)CC3)cc2)cc1.CN(C)C. The number of nitrogens with one attached hydrogen (secondary N) is 1. The predicted octanol–water partition coefficient (Wildman–Crippen LogP) is 7.21. The number of thioether (sulfide) groups is 2. The van der Waals surface area contributed by atoms with Gasteiger partial charge in [0.15, 0.2) is 0 Å². The third kappa shape index (κ3) is 8.73. The van der Waals surface area contributed by atoms with E-state index in [9.17, 15) is 14.0 Å². The number of amides is 1. The fraction of sp³-hybridized carbons (Fsp3) is 0.333. The second kappa shape index (κ2) is 13.8. The molecule has 196 valence electrons. The predicted molar refractivity (Wildman–Crippen MR) is 154 cm³/mol. The number of benzene rings is 3. The Hall–Kier alpha value is -2.61. The van der Waals surface area contributed by atoms with Gasteiger partial charge in [-0.2, -0.15) is 0 Å². The number of anilines is 1. The molecule has 0 spiro atoms. The van der Waals surface area contributed by atoms with Gasteiger partial charge in [0.05, 0.1) is 5.92 Å². The highest BCUT2D eigenvalue weighted by atomic mass is 32.2. The van der Waals surface area contributed by atoms with E-state index in [1.165, 1.54) is 17.7 Å². The van der Waals surface area contributed by atoms with Gasteiger partial charge in [-0.3, -0.25) is 4.79 Å². The number of carbonyl (C=O) groups excluding carboxylic acids is 2. The highest BCUT2D eigenvalue weighted by molar-refractivity contribution is 8.00. The second-order valence-corrected chi connectivity index (χ2v) is 12.2. The summed E-state index contributed by atoms with van der Waals surface area (Å²) >= 11 is 3.50. The van der Waals surface area contributed by atoms with E-state index in [0.717, 1.165) is 40.2 Å². The molecule has 37 heavy (non-hydrogen) atoms. The minimum Gasteiger partial charge on any atom is -0.326 e. The number of hydrogen-bond donors (Lipinski definition) is 1. The molecule has 1 aliphatic rings. The molecular weight excluding hydrogens is 503 g/mol. The largest absolute Gasteiger partial charge is 0.326 e. The van der Waals surface area contributed by atoms with Gasteiger partial charge in [-0.05, 0) is 99.4 Å². The van der Waals surface area contributed by atoms with Gasteiger partial charge in [0.2, 0.25) is 5.91 Å². The Balaban J connectivity index is 0.000000886. The molecule has 0 radical (unpaired) electrons. The molecule has 0 aromatic heterocycles. The van der Waals surface area contributed by atoms with Crippen LogP contribution in [0.2, 0.25) is 0 Å². The van der Waals surface area contributed by atoms with Crippen LogP contribution in [-0.2, 0) is 14.3 Å². The van der Waals surface area contributed by atoms with Crippen molar-refractivity contribution in [1.29, 1.82) is 0 Å². The molecule has 4 nitrogen and oxygen atoms in total. The third-order valence-electron chi connectivity index (χ3n) is 5.75.